The Bertz CT molecular complexity index is 659. The molecule has 0 amide bonds. The minimum absolute atomic E-state index is 0. The van der Waals surface area contributed by atoms with Gasteiger partial charge >= 0.3 is 0 Å². The molecule has 0 unspecified atom stereocenters. The molecule has 148 valence electrons. The van der Waals surface area contributed by atoms with E-state index in [1.54, 1.807) is 13.1 Å². The van der Waals surface area contributed by atoms with Gasteiger partial charge in [-0.25, -0.2) is 4.98 Å². The fourth-order valence-electron chi connectivity index (χ4n) is 2.88. The summed E-state index contributed by atoms with van der Waals surface area (Å²) in [6.45, 7) is 5.10. The summed E-state index contributed by atoms with van der Waals surface area (Å²) in [6, 6.07) is 7.96. The first-order chi connectivity index (χ1) is 11.1. The molecular formula is C17H27Cl3N4O2. The third-order valence-electron chi connectivity index (χ3n) is 4.38. The predicted molar refractivity (Wildman–Crippen MR) is 112 cm³/mol. The summed E-state index contributed by atoms with van der Waals surface area (Å²) in [4.78, 5) is 6.70. The van der Waals surface area contributed by atoms with Gasteiger partial charge in [-0.15, -0.1) is 37.2 Å². The van der Waals surface area contributed by atoms with Gasteiger partial charge in [0.2, 0.25) is 0 Å². The minimum Gasteiger partial charge on any atom is -0.391 e. The van der Waals surface area contributed by atoms with Gasteiger partial charge in [0, 0.05) is 25.8 Å². The van der Waals surface area contributed by atoms with Crippen LogP contribution in [-0.4, -0.2) is 47.1 Å². The van der Waals surface area contributed by atoms with Crippen molar-refractivity contribution in [2.45, 2.75) is 19.1 Å². The number of halogens is 3. The lowest BCUT2D eigenvalue weighted by atomic mass is 10.1. The molecule has 3 N–H and O–H groups in total. The van der Waals surface area contributed by atoms with Gasteiger partial charge in [-0.3, -0.25) is 0 Å². The number of aliphatic hydroxyl groups is 1. The summed E-state index contributed by atoms with van der Waals surface area (Å²) in [5, 5.41) is 9.67. The molecule has 6 nitrogen and oxygen atoms in total. The van der Waals surface area contributed by atoms with Gasteiger partial charge in [0.05, 0.1) is 37.3 Å². The normalized spacial score (nSPS) is 15.9. The third kappa shape index (κ3) is 5.25. The Morgan fingerprint density at radius 1 is 1.12 bits per heavy atom. The van der Waals surface area contributed by atoms with Crippen molar-refractivity contribution in [1.29, 1.82) is 0 Å². The molecule has 0 aliphatic carbocycles. The molecule has 2 aromatic rings. The molecule has 3 rings (SSSR count). The smallest absolute Gasteiger partial charge is 0.128 e. The number of imidazole rings is 1. The predicted octanol–water partition coefficient (Wildman–Crippen LogP) is 2.57. The standard InChI is InChI=1S/C17H24N4O2.3ClH/c1-12(22)16(18)17-19-11-15(20(17)2)13-3-5-14(6-4-13)21-7-9-23-10-8-21;;;/h3-6,11-12,16,22H,7-10,18H2,1-2H3;3*1H/t12-,16+;;;/m1.../s1. The molecule has 1 aromatic heterocycles. The highest BCUT2D eigenvalue weighted by molar-refractivity contribution is 5.86. The molecule has 9 heteroatoms. The summed E-state index contributed by atoms with van der Waals surface area (Å²) in [5.74, 6) is 0.687. The number of nitrogens with two attached hydrogens (primary N) is 1. The zero-order valence-corrected chi connectivity index (χ0v) is 17.3. The van der Waals surface area contributed by atoms with Crippen LogP contribution in [0.5, 0.6) is 0 Å². The molecule has 1 aromatic carbocycles. The number of benzene rings is 1. The van der Waals surface area contributed by atoms with Crippen molar-refractivity contribution >= 4 is 42.9 Å². The monoisotopic (exact) mass is 424 g/mol. The van der Waals surface area contributed by atoms with Crippen LogP contribution in [0.2, 0.25) is 0 Å². The first kappa shape index (κ1) is 25.0. The van der Waals surface area contributed by atoms with E-state index in [0.717, 1.165) is 37.6 Å². The number of ether oxygens (including phenoxy) is 1. The van der Waals surface area contributed by atoms with Crippen molar-refractivity contribution < 1.29 is 9.84 Å². The highest BCUT2D eigenvalue weighted by Crippen LogP contribution is 2.26. The van der Waals surface area contributed by atoms with Crippen molar-refractivity contribution in [3.05, 3.63) is 36.3 Å². The molecule has 1 aliphatic heterocycles. The number of anilines is 1. The Labute approximate surface area is 173 Å². The van der Waals surface area contributed by atoms with Crippen LogP contribution >= 0.6 is 37.2 Å². The number of aromatic nitrogens is 2. The molecule has 2 atom stereocenters. The minimum atomic E-state index is -0.632. The second-order valence-corrected chi connectivity index (χ2v) is 5.97. The lowest BCUT2D eigenvalue weighted by molar-refractivity contribution is 0.122. The van der Waals surface area contributed by atoms with Gasteiger partial charge in [-0.05, 0) is 24.6 Å². The average molecular weight is 426 g/mol. The first-order valence-electron chi connectivity index (χ1n) is 7.96. The molecule has 2 heterocycles. The van der Waals surface area contributed by atoms with Gasteiger partial charge in [0.15, 0.2) is 0 Å². The van der Waals surface area contributed by atoms with Crippen LogP contribution in [0.3, 0.4) is 0 Å². The Morgan fingerprint density at radius 3 is 2.23 bits per heavy atom. The first-order valence-corrected chi connectivity index (χ1v) is 7.96. The number of morpholine rings is 1. The number of rotatable bonds is 4. The number of aliphatic hydroxyl groups excluding tert-OH is 1. The maximum Gasteiger partial charge on any atom is 0.128 e. The zero-order valence-electron chi connectivity index (χ0n) is 14.9. The number of nitrogens with zero attached hydrogens (tertiary/aromatic N) is 3. The Kier molecular flexibility index (Phi) is 10.5. The molecular weight excluding hydrogens is 399 g/mol. The number of hydrogen-bond donors (Lipinski definition) is 2. The van der Waals surface area contributed by atoms with Gasteiger partial charge in [-0.1, -0.05) is 12.1 Å². The maximum absolute atomic E-state index is 9.67. The van der Waals surface area contributed by atoms with Crippen molar-refractivity contribution in [3.8, 4) is 11.3 Å². The maximum atomic E-state index is 9.67. The van der Waals surface area contributed by atoms with Crippen molar-refractivity contribution in [2.24, 2.45) is 12.8 Å². The second-order valence-electron chi connectivity index (χ2n) is 5.97. The summed E-state index contributed by atoms with van der Waals surface area (Å²) in [7, 11) is 1.93. The summed E-state index contributed by atoms with van der Waals surface area (Å²) >= 11 is 0. The van der Waals surface area contributed by atoms with Crippen LogP contribution in [-0.2, 0) is 11.8 Å². The van der Waals surface area contributed by atoms with E-state index in [4.69, 9.17) is 10.5 Å². The largest absolute Gasteiger partial charge is 0.391 e. The van der Waals surface area contributed by atoms with Crippen LogP contribution in [0.4, 0.5) is 5.69 Å². The van der Waals surface area contributed by atoms with Crippen molar-refractivity contribution in [1.82, 2.24) is 9.55 Å². The van der Waals surface area contributed by atoms with Gasteiger partial charge < -0.3 is 25.0 Å². The highest BCUT2D eigenvalue weighted by atomic mass is 35.5. The lowest BCUT2D eigenvalue weighted by Gasteiger charge is -2.28. The van der Waals surface area contributed by atoms with E-state index in [0.29, 0.717) is 5.82 Å². The molecule has 0 spiro atoms. The SMILES string of the molecule is C[C@@H](O)[C@H](N)c1ncc(-c2ccc(N3CCOCC3)cc2)n1C.Cl.Cl.Cl. The molecule has 1 aliphatic rings. The fraction of sp³-hybridized carbons (Fsp3) is 0.471. The topological polar surface area (TPSA) is 76.5 Å². The van der Waals surface area contributed by atoms with E-state index in [-0.39, 0.29) is 37.2 Å². The van der Waals surface area contributed by atoms with Gasteiger partial charge in [0.1, 0.15) is 5.82 Å². The quantitative estimate of drug-likeness (QED) is 0.787. The lowest BCUT2D eigenvalue weighted by Crippen LogP contribution is -2.36. The summed E-state index contributed by atoms with van der Waals surface area (Å²) in [6.07, 6.45) is 1.18. The molecule has 1 fully saturated rings. The van der Waals surface area contributed by atoms with E-state index in [1.807, 2.05) is 11.6 Å². The van der Waals surface area contributed by atoms with Crippen LogP contribution in [0.15, 0.2) is 30.5 Å². The van der Waals surface area contributed by atoms with Gasteiger partial charge in [-0.2, -0.15) is 0 Å². The molecule has 0 radical (unpaired) electrons. The van der Waals surface area contributed by atoms with Crippen LogP contribution in [0, 0.1) is 0 Å². The molecule has 0 saturated carbocycles. The molecule has 0 bridgehead atoms. The van der Waals surface area contributed by atoms with Crippen LogP contribution in [0.1, 0.15) is 18.8 Å². The Morgan fingerprint density at radius 2 is 1.69 bits per heavy atom. The highest BCUT2D eigenvalue weighted by Gasteiger charge is 2.19. The summed E-state index contributed by atoms with van der Waals surface area (Å²) in [5.41, 5.74) is 9.28. The van der Waals surface area contributed by atoms with E-state index in [2.05, 4.69) is 34.1 Å². The van der Waals surface area contributed by atoms with E-state index in [9.17, 15) is 5.11 Å². The number of hydrogen-bond acceptors (Lipinski definition) is 5. The zero-order chi connectivity index (χ0) is 16.4. The summed E-state index contributed by atoms with van der Waals surface area (Å²) < 4.78 is 7.33. The van der Waals surface area contributed by atoms with E-state index >= 15 is 0 Å². The molecule has 1 saturated heterocycles. The van der Waals surface area contributed by atoms with Crippen LogP contribution < -0.4 is 10.6 Å². The average Bonchev–Trinajstić information content (AvgIpc) is 2.96. The van der Waals surface area contributed by atoms with E-state index < -0.39 is 12.1 Å². The van der Waals surface area contributed by atoms with Crippen molar-refractivity contribution in [2.75, 3.05) is 31.2 Å². The van der Waals surface area contributed by atoms with Gasteiger partial charge in [0.25, 0.3) is 0 Å². The van der Waals surface area contributed by atoms with Crippen molar-refractivity contribution in [3.63, 3.8) is 0 Å². The van der Waals surface area contributed by atoms with Crippen LogP contribution in [0.25, 0.3) is 11.3 Å². The Hall–Kier alpha value is -1.02. The third-order valence-corrected chi connectivity index (χ3v) is 4.38. The van der Waals surface area contributed by atoms with E-state index in [1.165, 1.54) is 5.69 Å². The Balaban J connectivity index is 0.00000208. The fourth-order valence-corrected chi connectivity index (χ4v) is 2.88. The molecule has 26 heavy (non-hydrogen) atoms. The second kappa shape index (κ2) is 11.0.